The van der Waals surface area contributed by atoms with Crippen LogP contribution >= 0.6 is 11.8 Å². The lowest BCUT2D eigenvalue weighted by molar-refractivity contribution is 0.590. The monoisotopic (exact) mass is 757 g/mol. The highest BCUT2D eigenvalue weighted by Gasteiger charge is 2.20. The molecule has 0 aliphatic heterocycles. The number of hydrogen-bond donors (Lipinski definition) is 0. The zero-order chi connectivity index (χ0) is 38.5. The molecule has 0 saturated heterocycles. The number of halogens is 1. The van der Waals surface area contributed by atoms with Gasteiger partial charge in [0, 0.05) is 57.1 Å². The Morgan fingerprint density at radius 3 is 2.07 bits per heavy atom. The maximum atomic E-state index is 14.1. The Balaban J connectivity index is 0.000000169. The third-order valence-corrected chi connectivity index (χ3v) is 9.49. The molecule has 0 aliphatic rings. The second kappa shape index (κ2) is 16.1. The fourth-order valence-corrected chi connectivity index (χ4v) is 6.35. The summed E-state index contributed by atoms with van der Waals surface area (Å²) in [5, 5.41) is 42.9. The van der Waals surface area contributed by atoms with E-state index in [0.717, 1.165) is 44.7 Å². The van der Waals surface area contributed by atoms with E-state index in [1.807, 2.05) is 104 Å². The molecule has 6 aromatic heterocycles. The lowest BCUT2D eigenvalue weighted by atomic mass is 10.2. The Labute approximate surface area is 319 Å². The fourth-order valence-electron chi connectivity index (χ4n) is 5.50. The highest BCUT2D eigenvalue weighted by molar-refractivity contribution is 7.99. The van der Waals surface area contributed by atoms with E-state index in [1.165, 1.54) is 27.4 Å². The minimum Gasteiger partial charge on any atom is -0.336 e. The minimum atomic E-state index is -0.398. The summed E-state index contributed by atoms with van der Waals surface area (Å²) in [7, 11) is 5.75. The van der Waals surface area contributed by atoms with E-state index in [0.29, 0.717) is 24.1 Å². The number of rotatable bonds is 10. The van der Waals surface area contributed by atoms with Crippen molar-refractivity contribution in [1.29, 1.82) is 0 Å². The van der Waals surface area contributed by atoms with Gasteiger partial charge >= 0.3 is 0 Å². The van der Waals surface area contributed by atoms with Gasteiger partial charge in [0.2, 0.25) is 5.95 Å². The predicted octanol–water partition coefficient (Wildman–Crippen LogP) is 4.95. The second-order valence-corrected chi connectivity index (χ2v) is 13.9. The molecule has 0 spiro atoms. The molecule has 1 atom stereocenters. The van der Waals surface area contributed by atoms with Crippen LogP contribution in [0.25, 0.3) is 34.2 Å². The van der Waals surface area contributed by atoms with Gasteiger partial charge in [0.05, 0.1) is 17.5 Å². The lowest BCUT2D eigenvalue weighted by Crippen LogP contribution is -2.21. The highest BCUT2D eigenvalue weighted by atomic mass is 32.2. The molecule has 8 aromatic rings. The molecule has 6 heterocycles. The molecule has 8 rings (SSSR count). The number of aromatic nitrogens is 16. The Morgan fingerprint density at radius 2 is 1.36 bits per heavy atom. The largest absolute Gasteiger partial charge is 0.336 e. The van der Waals surface area contributed by atoms with Crippen LogP contribution in [0, 0.1) is 19.7 Å². The summed E-state index contributed by atoms with van der Waals surface area (Å²) in [4.78, 5) is 12.7. The molecular weight excluding hydrogens is 722 g/mol. The third kappa shape index (κ3) is 8.25. The Morgan fingerprint density at radius 1 is 0.709 bits per heavy atom. The lowest BCUT2D eigenvalue weighted by Gasteiger charge is -2.15. The van der Waals surface area contributed by atoms with Crippen LogP contribution in [0.15, 0.2) is 96.7 Å². The maximum absolute atomic E-state index is 14.1. The average molecular weight is 758 g/mol. The van der Waals surface area contributed by atoms with Gasteiger partial charge in [-0.05, 0) is 90.9 Å². The zero-order valence-corrected chi connectivity index (χ0v) is 31.7. The minimum absolute atomic E-state index is 0.144. The molecular formula is C36H36FN17S. The molecule has 0 bridgehead atoms. The molecule has 0 fully saturated rings. The van der Waals surface area contributed by atoms with E-state index in [1.54, 1.807) is 36.9 Å². The van der Waals surface area contributed by atoms with Crippen LogP contribution in [-0.2, 0) is 20.6 Å². The molecule has 0 amide bonds. The highest BCUT2D eigenvalue weighted by Crippen LogP contribution is 2.33. The molecule has 17 nitrogen and oxygen atoms in total. The number of benzene rings is 2. The van der Waals surface area contributed by atoms with Gasteiger partial charge in [-0.1, -0.05) is 30.0 Å². The van der Waals surface area contributed by atoms with Crippen molar-refractivity contribution in [2.45, 2.75) is 37.7 Å². The molecule has 0 N–H and O–H groups in total. The van der Waals surface area contributed by atoms with E-state index in [4.69, 9.17) is 0 Å². The van der Waals surface area contributed by atoms with Gasteiger partial charge in [0.1, 0.15) is 5.69 Å². The molecule has 278 valence electrons. The van der Waals surface area contributed by atoms with Crippen LogP contribution in [0.4, 0.5) is 10.3 Å². The Hall–Kier alpha value is -6.76. The quantitative estimate of drug-likeness (QED) is 0.171. The van der Waals surface area contributed by atoms with Crippen molar-refractivity contribution >= 4 is 17.7 Å². The summed E-state index contributed by atoms with van der Waals surface area (Å²) < 4.78 is 17.9. The van der Waals surface area contributed by atoms with Gasteiger partial charge < -0.3 is 9.47 Å². The normalized spacial score (nSPS) is 11.6. The van der Waals surface area contributed by atoms with Crippen molar-refractivity contribution in [3.05, 3.63) is 120 Å². The first-order chi connectivity index (χ1) is 26.6. The van der Waals surface area contributed by atoms with Crippen molar-refractivity contribution < 1.29 is 4.39 Å². The average Bonchev–Trinajstić information content (AvgIpc) is 4.02. The standard InChI is InChI=1S/C18H17FN8S.C18H19N9/c1-11-4-5-14(19)15(10-11)27-24-16(21-25-27)12(2)28-18-23-22-17(26(18)3)13-6-8-20-9-7-13;1-13-5-4-6-15(11-13)27-23-16(20-24-27)12-25(2)18-22-21-17(26(18)3)14-7-9-19-10-8-14/h4-10,12H,1-3H3;4-11H,12H2,1-3H3. The van der Waals surface area contributed by atoms with Crippen LogP contribution in [0.2, 0.25) is 0 Å². The van der Waals surface area contributed by atoms with E-state index >= 15 is 0 Å². The van der Waals surface area contributed by atoms with Crippen LogP contribution in [0.3, 0.4) is 0 Å². The summed E-state index contributed by atoms with van der Waals surface area (Å²) in [5.74, 6) is 2.93. The maximum Gasteiger partial charge on any atom is 0.227 e. The molecule has 19 heteroatoms. The SMILES string of the molecule is Cc1ccc(F)c(-n2nnc(C(C)Sc3nnc(-c4ccncc4)n3C)n2)c1.Cc1cccc(-n2nnc(CN(C)c3nnc(-c4ccncc4)n3C)n2)c1. The molecule has 55 heavy (non-hydrogen) atoms. The van der Waals surface area contributed by atoms with E-state index in [9.17, 15) is 4.39 Å². The number of pyridine rings is 2. The number of aryl methyl sites for hydroxylation is 2. The Kier molecular flexibility index (Phi) is 10.7. The first-order valence-corrected chi connectivity index (χ1v) is 17.9. The van der Waals surface area contributed by atoms with Crippen LogP contribution in [-0.4, -0.2) is 87.0 Å². The van der Waals surface area contributed by atoms with Gasteiger partial charge in [0.25, 0.3) is 0 Å². The Bertz CT molecular complexity index is 2510. The van der Waals surface area contributed by atoms with Gasteiger partial charge in [-0.3, -0.25) is 14.5 Å². The smallest absolute Gasteiger partial charge is 0.227 e. The summed E-state index contributed by atoms with van der Waals surface area (Å²) in [6, 6.07) is 20.3. The number of thioether (sulfide) groups is 1. The van der Waals surface area contributed by atoms with Crippen LogP contribution in [0.1, 0.15) is 34.9 Å². The van der Waals surface area contributed by atoms with Gasteiger partial charge in [-0.25, -0.2) is 4.39 Å². The van der Waals surface area contributed by atoms with Crippen molar-refractivity contribution in [3.63, 3.8) is 0 Å². The number of tetrazole rings is 2. The first-order valence-electron chi connectivity index (χ1n) is 17.0. The van der Waals surface area contributed by atoms with Crippen LogP contribution in [0.5, 0.6) is 0 Å². The number of hydrogen-bond acceptors (Lipinski definition) is 14. The van der Waals surface area contributed by atoms with E-state index in [2.05, 4.69) is 61.2 Å². The summed E-state index contributed by atoms with van der Waals surface area (Å²) in [6.45, 7) is 6.32. The summed E-state index contributed by atoms with van der Waals surface area (Å²) >= 11 is 1.46. The van der Waals surface area contributed by atoms with Gasteiger partial charge in [-0.15, -0.1) is 50.4 Å². The topological polar surface area (TPSA) is 178 Å². The number of anilines is 1. The predicted molar refractivity (Wildman–Crippen MR) is 203 cm³/mol. The van der Waals surface area contributed by atoms with Crippen molar-refractivity contribution in [3.8, 4) is 34.2 Å². The van der Waals surface area contributed by atoms with Gasteiger partial charge in [-0.2, -0.15) is 0 Å². The van der Waals surface area contributed by atoms with Gasteiger partial charge in [0.15, 0.2) is 34.3 Å². The third-order valence-electron chi connectivity index (χ3n) is 8.36. The first kappa shape index (κ1) is 36.6. The van der Waals surface area contributed by atoms with Crippen molar-refractivity contribution in [2.24, 2.45) is 14.1 Å². The summed E-state index contributed by atoms with van der Waals surface area (Å²) in [6.07, 6.45) is 6.90. The zero-order valence-electron chi connectivity index (χ0n) is 30.8. The van der Waals surface area contributed by atoms with Crippen LogP contribution < -0.4 is 4.90 Å². The molecule has 0 radical (unpaired) electrons. The van der Waals surface area contributed by atoms with Crippen molar-refractivity contribution in [2.75, 3.05) is 11.9 Å². The second-order valence-electron chi connectivity index (χ2n) is 12.6. The van der Waals surface area contributed by atoms with E-state index in [-0.39, 0.29) is 10.9 Å². The molecule has 1 unspecified atom stereocenters. The number of nitrogens with zero attached hydrogens (tertiary/aromatic N) is 17. The summed E-state index contributed by atoms with van der Waals surface area (Å²) in [5.41, 5.74) is 5.11. The molecule has 0 aliphatic carbocycles. The fraction of sp³-hybridized carbons (Fsp3) is 0.222. The van der Waals surface area contributed by atoms with Crippen molar-refractivity contribution in [1.82, 2.24) is 79.9 Å². The molecule has 2 aromatic carbocycles. The molecule has 0 saturated carbocycles. The van der Waals surface area contributed by atoms with E-state index < -0.39 is 5.82 Å².